The number of nitrogens with two attached hydrogens (primary N) is 1. The van der Waals surface area contributed by atoms with Crippen molar-refractivity contribution in [3.8, 4) is 0 Å². The van der Waals surface area contributed by atoms with E-state index in [0.29, 0.717) is 0 Å². The molecule has 9 heteroatoms. The molecule has 2 atom stereocenters. The largest absolute Gasteiger partial charge is 0.480 e. The summed E-state index contributed by atoms with van der Waals surface area (Å²) in [6.07, 6.45) is 1.28. The highest BCUT2D eigenvalue weighted by atomic mass is 16.4. The van der Waals surface area contributed by atoms with Crippen LogP contribution in [0.3, 0.4) is 0 Å². The third-order valence-electron chi connectivity index (χ3n) is 2.45. The van der Waals surface area contributed by atoms with Crippen LogP contribution in [0, 0.1) is 0 Å². The van der Waals surface area contributed by atoms with E-state index in [1.165, 1.54) is 19.2 Å². The smallest absolute Gasteiger partial charge is 0.350 e. The summed E-state index contributed by atoms with van der Waals surface area (Å²) in [4.78, 5) is 37.4. The molecule has 1 unspecified atom stereocenters. The molecule has 0 fully saturated rings. The third-order valence-corrected chi connectivity index (χ3v) is 2.45. The minimum absolute atomic E-state index is 0.0210. The second kappa shape index (κ2) is 5.96. The van der Waals surface area contributed by atoms with E-state index >= 15 is 0 Å². The number of carbonyl (C=O) groups is 2. The van der Waals surface area contributed by atoms with Gasteiger partial charge in [-0.2, -0.15) is 4.98 Å². The first-order chi connectivity index (χ1) is 8.86. The molecule has 1 rings (SSSR count). The minimum atomic E-state index is -1.42. The Kier molecular flexibility index (Phi) is 4.59. The van der Waals surface area contributed by atoms with Crippen LogP contribution in [0.25, 0.3) is 0 Å². The fourth-order valence-corrected chi connectivity index (χ4v) is 1.32. The van der Waals surface area contributed by atoms with Gasteiger partial charge >= 0.3 is 11.7 Å². The summed E-state index contributed by atoms with van der Waals surface area (Å²) in [5.74, 6) is -2.08. The zero-order valence-corrected chi connectivity index (χ0v) is 10.1. The Hall–Kier alpha value is -2.42. The van der Waals surface area contributed by atoms with E-state index in [-0.39, 0.29) is 5.82 Å². The minimum Gasteiger partial charge on any atom is -0.480 e. The van der Waals surface area contributed by atoms with Gasteiger partial charge in [-0.25, -0.2) is 9.59 Å². The second-order valence-corrected chi connectivity index (χ2v) is 3.80. The highest BCUT2D eigenvalue weighted by Gasteiger charge is 2.23. The lowest BCUT2D eigenvalue weighted by molar-refractivity contribution is -0.143. The van der Waals surface area contributed by atoms with Gasteiger partial charge in [0.25, 0.3) is 0 Å². The number of anilines is 1. The van der Waals surface area contributed by atoms with Crippen LogP contribution in [-0.4, -0.2) is 44.3 Å². The van der Waals surface area contributed by atoms with Crippen molar-refractivity contribution in [2.75, 3.05) is 12.3 Å². The van der Waals surface area contributed by atoms with E-state index < -0.39 is 36.3 Å². The fourth-order valence-electron chi connectivity index (χ4n) is 1.32. The zero-order valence-electron chi connectivity index (χ0n) is 10.1. The Labute approximate surface area is 107 Å². The van der Waals surface area contributed by atoms with Crippen molar-refractivity contribution in [1.82, 2.24) is 14.9 Å². The summed E-state index contributed by atoms with van der Waals surface area (Å²) in [5.41, 5.74) is 4.59. The van der Waals surface area contributed by atoms with Gasteiger partial charge < -0.3 is 21.3 Å². The molecule has 0 aliphatic carbocycles. The van der Waals surface area contributed by atoms with Crippen LogP contribution < -0.4 is 16.7 Å². The van der Waals surface area contributed by atoms with Crippen molar-refractivity contribution in [3.63, 3.8) is 0 Å². The van der Waals surface area contributed by atoms with Crippen LogP contribution in [0.4, 0.5) is 5.82 Å². The predicted molar refractivity (Wildman–Crippen MR) is 64.3 cm³/mol. The second-order valence-electron chi connectivity index (χ2n) is 3.80. The standard InChI is InChI=1S/C10H14N4O5/c1-5(8(16)12-6(4-15)9(17)18)14-3-2-7(11)13-10(14)19/h2-3,5-6,15H,4H2,1H3,(H,12,16)(H,17,18)(H2,11,13,19)/t5?,6-/m0/s1. The maximum Gasteiger partial charge on any atom is 0.350 e. The summed E-state index contributed by atoms with van der Waals surface area (Å²) in [6.45, 7) is 0.646. The van der Waals surface area contributed by atoms with Crippen molar-refractivity contribution in [2.45, 2.75) is 19.0 Å². The number of rotatable bonds is 5. The van der Waals surface area contributed by atoms with Crippen LogP contribution in [0.15, 0.2) is 17.1 Å². The van der Waals surface area contributed by atoms with E-state index in [2.05, 4.69) is 10.3 Å². The SMILES string of the molecule is CC(C(=O)N[C@@H](CO)C(=O)O)n1ccc(N)nc1=O. The predicted octanol–water partition coefficient (Wildman–Crippen LogP) is -2.05. The lowest BCUT2D eigenvalue weighted by Crippen LogP contribution is -2.47. The van der Waals surface area contributed by atoms with Crippen LogP contribution in [0.1, 0.15) is 13.0 Å². The fraction of sp³-hybridized carbons (Fsp3) is 0.400. The van der Waals surface area contributed by atoms with Crippen molar-refractivity contribution in [2.24, 2.45) is 0 Å². The molecule has 0 aromatic carbocycles. The molecule has 0 aliphatic rings. The molecule has 1 aromatic rings. The van der Waals surface area contributed by atoms with Crippen molar-refractivity contribution in [3.05, 3.63) is 22.7 Å². The van der Waals surface area contributed by atoms with Crippen LogP contribution in [0.5, 0.6) is 0 Å². The number of carbonyl (C=O) groups excluding carboxylic acids is 1. The highest BCUT2D eigenvalue weighted by molar-refractivity contribution is 5.85. The third kappa shape index (κ3) is 3.52. The molecule has 104 valence electrons. The molecule has 0 bridgehead atoms. The first-order valence-corrected chi connectivity index (χ1v) is 5.35. The molecule has 0 aliphatic heterocycles. The number of hydrogen-bond acceptors (Lipinski definition) is 6. The highest BCUT2D eigenvalue weighted by Crippen LogP contribution is 2.03. The number of carboxylic acid groups (broad SMARTS) is 1. The lowest BCUT2D eigenvalue weighted by atomic mass is 10.2. The molecule has 19 heavy (non-hydrogen) atoms. The summed E-state index contributed by atoms with van der Waals surface area (Å²) in [6, 6.07) is -1.06. The number of hydrogen-bond donors (Lipinski definition) is 4. The first-order valence-electron chi connectivity index (χ1n) is 5.35. The maximum atomic E-state index is 11.8. The van der Waals surface area contributed by atoms with Gasteiger partial charge in [0.1, 0.15) is 17.9 Å². The number of aromatic nitrogens is 2. The lowest BCUT2D eigenvalue weighted by Gasteiger charge is -2.17. The number of nitrogen functional groups attached to an aromatic ring is 1. The van der Waals surface area contributed by atoms with E-state index in [9.17, 15) is 14.4 Å². The van der Waals surface area contributed by atoms with E-state index in [1.807, 2.05) is 0 Å². The van der Waals surface area contributed by atoms with Gasteiger partial charge in [0.15, 0.2) is 0 Å². The van der Waals surface area contributed by atoms with Crippen molar-refractivity contribution >= 4 is 17.7 Å². The van der Waals surface area contributed by atoms with E-state index in [4.69, 9.17) is 15.9 Å². The number of nitrogens with zero attached hydrogens (tertiary/aromatic N) is 2. The van der Waals surface area contributed by atoms with E-state index in [0.717, 1.165) is 4.57 Å². The number of aliphatic hydroxyl groups is 1. The molecule has 0 saturated heterocycles. The molecule has 0 spiro atoms. The maximum absolute atomic E-state index is 11.8. The summed E-state index contributed by atoms with van der Waals surface area (Å²) in [7, 11) is 0. The average molecular weight is 270 g/mol. The molecule has 1 heterocycles. The van der Waals surface area contributed by atoms with E-state index in [1.54, 1.807) is 0 Å². The van der Waals surface area contributed by atoms with Crippen molar-refractivity contribution < 1.29 is 19.8 Å². The van der Waals surface area contributed by atoms with Gasteiger partial charge in [0.05, 0.1) is 6.61 Å². The quantitative estimate of drug-likeness (QED) is 0.481. The number of amides is 1. The molecular weight excluding hydrogens is 256 g/mol. The number of carboxylic acids is 1. The Morgan fingerprint density at radius 1 is 1.58 bits per heavy atom. The van der Waals surface area contributed by atoms with Gasteiger partial charge in [-0.15, -0.1) is 0 Å². The normalized spacial score (nSPS) is 13.6. The molecule has 5 N–H and O–H groups in total. The van der Waals surface area contributed by atoms with Gasteiger partial charge in [-0.1, -0.05) is 0 Å². The van der Waals surface area contributed by atoms with Crippen molar-refractivity contribution in [1.29, 1.82) is 0 Å². The van der Waals surface area contributed by atoms with Gasteiger partial charge in [0, 0.05) is 6.20 Å². The van der Waals surface area contributed by atoms with Crippen LogP contribution >= 0.6 is 0 Å². The topological polar surface area (TPSA) is 148 Å². The molecule has 1 aromatic heterocycles. The Bertz CT molecular complexity index is 541. The van der Waals surface area contributed by atoms with Crippen LogP contribution in [0.2, 0.25) is 0 Å². The summed E-state index contributed by atoms with van der Waals surface area (Å²) >= 11 is 0. The molecule has 0 saturated carbocycles. The molecule has 1 amide bonds. The van der Waals surface area contributed by atoms with Gasteiger partial charge in [-0.05, 0) is 13.0 Å². The monoisotopic (exact) mass is 270 g/mol. The van der Waals surface area contributed by atoms with Gasteiger partial charge in [-0.3, -0.25) is 9.36 Å². The number of aliphatic carboxylic acids is 1. The Morgan fingerprint density at radius 3 is 2.68 bits per heavy atom. The first kappa shape index (κ1) is 14.6. The van der Waals surface area contributed by atoms with Gasteiger partial charge in [0.2, 0.25) is 5.91 Å². The average Bonchev–Trinajstić information content (AvgIpc) is 2.34. The summed E-state index contributed by atoms with van der Waals surface area (Å²) in [5, 5.41) is 19.6. The van der Waals surface area contributed by atoms with Crippen LogP contribution in [-0.2, 0) is 9.59 Å². The Balaban J connectivity index is 2.88. The molecule has 9 nitrogen and oxygen atoms in total. The Morgan fingerprint density at radius 2 is 2.21 bits per heavy atom. The zero-order chi connectivity index (χ0) is 14.6. The molecular formula is C10H14N4O5. The number of aliphatic hydroxyl groups excluding tert-OH is 1. The molecule has 0 radical (unpaired) electrons. The summed E-state index contributed by atoms with van der Waals surface area (Å²) < 4.78 is 1.00. The number of nitrogens with one attached hydrogen (secondary N) is 1.